The molecule has 156 valence electrons. The van der Waals surface area contributed by atoms with Crippen LogP contribution in [0.15, 0.2) is 53.7 Å². The molecule has 2 aromatic carbocycles. The van der Waals surface area contributed by atoms with Gasteiger partial charge in [-0.05, 0) is 43.7 Å². The van der Waals surface area contributed by atoms with Gasteiger partial charge < -0.3 is 15.2 Å². The van der Waals surface area contributed by atoms with Crippen LogP contribution < -0.4 is 10.6 Å². The molecule has 1 heterocycles. The fourth-order valence-electron chi connectivity index (χ4n) is 2.85. The van der Waals surface area contributed by atoms with Crippen molar-refractivity contribution in [3.05, 3.63) is 70.5 Å². The van der Waals surface area contributed by atoms with Crippen molar-refractivity contribution in [2.75, 3.05) is 11.1 Å². The van der Waals surface area contributed by atoms with E-state index >= 15 is 0 Å². The first-order valence-electron chi connectivity index (χ1n) is 9.42. The summed E-state index contributed by atoms with van der Waals surface area (Å²) >= 11 is 7.22. The second-order valence-electron chi connectivity index (χ2n) is 6.49. The van der Waals surface area contributed by atoms with E-state index < -0.39 is 0 Å². The highest BCUT2D eigenvalue weighted by molar-refractivity contribution is 7.99. The Hall–Kier alpha value is -2.84. The maximum absolute atomic E-state index is 12.4. The minimum atomic E-state index is -0.165. The summed E-state index contributed by atoms with van der Waals surface area (Å²) in [5.74, 6) is 0.494. The van der Waals surface area contributed by atoms with Crippen molar-refractivity contribution in [1.29, 1.82) is 0 Å². The summed E-state index contributed by atoms with van der Waals surface area (Å²) in [6.45, 7) is 4.74. The number of rotatable bonds is 8. The minimum Gasteiger partial charge on any atom is -0.345 e. The van der Waals surface area contributed by atoms with Crippen molar-refractivity contribution >= 4 is 40.9 Å². The summed E-state index contributed by atoms with van der Waals surface area (Å²) in [6, 6.07) is 14.4. The molecular weight excluding hydrogens is 422 g/mol. The molecule has 0 spiro atoms. The number of hydrogen-bond acceptors (Lipinski definition) is 5. The maximum Gasteiger partial charge on any atom is 0.251 e. The number of aryl methyl sites for hydroxylation is 1. The lowest BCUT2D eigenvalue weighted by atomic mass is 10.1. The van der Waals surface area contributed by atoms with Gasteiger partial charge in [-0.25, -0.2) is 0 Å². The number of hydrogen-bond donors (Lipinski definition) is 2. The molecule has 1 aromatic heterocycles. The van der Waals surface area contributed by atoms with Crippen molar-refractivity contribution in [3.8, 4) is 0 Å². The Kier molecular flexibility index (Phi) is 7.48. The fraction of sp³-hybridized carbons (Fsp3) is 0.238. The first kappa shape index (κ1) is 21.9. The molecule has 0 bridgehead atoms. The molecule has 3 aromatic rings. The van der Waals surface area contributed by atoms with E-state index in [0.29, 0.717) is 33.8 Å². The molecule has 0 atom stereocenters. The molecule has 0 aliphatic rings. The molecule has 0 unspecified atom stereocenters. The lowest BCUT2D eigenvalue weighted by molar-refractivity contribution is -0.113. The summed E-state index contributed by atoms with van der Waals surface area (Å²) in [7, 11) is 0. The Balaban J connectivity index is 1.58. The molecule has 0 aliphatic heterocycles. The van der Waals surface area contributed by atoms with Crippen LogP contribution >= 0.6 is 23.4 Å². The van der Waals surface area contributed by atoms with Gasteiger partial charge in [0.2, 0.25) is 5.91 Å². The maximum atomic E-state index is 12.4. The third-order valence-corrected chi connectivity index (χ3v) is 5.55. The van der Waals surface area contributed by atoms with Gasteiger partial charge in [0.1, 0.15) is 0 Å². The first-order valence-corrected chi connectivity index (χ1v) is 10.8. The SMILES string of the molecule is CCn1c(CNC(=O)c2ccccc2C)nnc1SCC(=O)Nc1cccc(Cl)c1. The van der Waals surface area contributed by atoms with Crippen LogP contribution in [0.25, 0.3) is 0 Å². The van der Waals surface area contributed by atoms with E-state index in [1.54, 1.807) is 30.3 Å². The number of thioether (sulfide) groups is 1. The summed E-state index contributed by atoms with van der Waals surface area (Å²) in [6.07, 6.45) is 0. The van der Waals surface area contributed by atoms with E-state index in [1.807, 2.05) is 36.6 Å². The van der Waals surface area contributed by atoms with E-state index in [2.05, 4.69) is 20.8 Å². The smallest absolute Gasteiger partial charge is 0.251 e. The molecule has 0 saturated carbocycles. The van der Waals surface area contributed by atoms with Crippen LogP contribution in [0, 0.1) is 6.92 Å². The molecule has 30 heavy (non-hydrogen) atoms. The molecule has 9 heteroatoms. The molecule has 2 amide bonds. The number of carbonyl (C=O) groups is 2. The summed E-state index contributed by atoms with van der Waals surface area (Å²) in [4.78, 5) is 24.6. The lowest BCUT2D eigenvalue weighted by Crippen LogP contribution is -2.25. The Morgan fingerprint density at radius 2 is 1.93 bits per heavy atom. The van der Waals surface area contributed by atoms with Gasteiger partial charge in [0, 0.05) is 22.8 Å². The van der Waals surface area contributed by atoms with Gasteiger partial charge >= 0.3 is 0 Å². The quantitative estimate of drug-likeness (QED) is 0.515. The standard InChI is InChI=1S/C21H22ClN5O2S/c1-3-27-18(12-23-20(29)17-10-5-4-7-14(17)2)25-26-21(27)30-13-19(28)24-16-9-6-8-15(22)11-16/h4-11H,3,12-13H2,1-2H3,(H,23,29)(H,24,28). The van der Waals surface area contributed by atoms with Gasteiger partial charge in [0.15, 0.2) is 11.0 Å². The molecule has 3 rings (SSSR count). The number of aromatic nitrogens is 3. The molecular formula is C21H22ClN5O2S. The second-order valence-corrected chi connectivity index (χ2v) is 7.87. The van der Waals surface area contributed by atoms with Gasteiger partial charge in [-0.3, -0.25) is 9.59 Å². The molecule has 2 N–H and O–H groups in total. The zero-order valence-corrected chi connectivity index (χ0v) is 18.3. The predicted octanol–water partition coefficient (Wildman–Crippen LogP) is 3.92. The number of nitrogens with zero attached hydrogens (tertiary/aromatic N) is 3. The normalized spacial score (nSPS) is 10.6. The lowest BCUT2D eigenvalue weighted by Gasteiger charge is -2.10. The second kappa shape index (κ2) is 10.3. The highest BCUT2D eigenvalue weighted by Crippen LogP contribution is 2.19. The topological polar surface area (TPSA) is 88.9 Å². The molecule has 0 aliphatic carbocycles. The highest BCUT2D eigenvalue weighted by Gasteiger charge is 2.15. The largest absolute Gasteiger partial charge is 0.345 e. The number of amides is 2. The Morgan fingerprint density at radius 1 is 1.13 bits per heavy atom. The van der Waals surface area contributed by atoms with Crippen molar-refractivity contribution < 1.29 is 9.59 Å². The van der Waals surface area contributed by atoms with E-state index in [4.69, 9.17) is 11.6 Å². The van der Waals surface area contributed by atoms with Gasteiger partial charge in [-0.15, -0.1) is 10.2 Å². The third-order valence-electron chi connectivity index (χ3n) is 4.35. The number of halogens is 1. The molecule has 0 radical (unpaired) electrons. The van der Waals surface area contributed by atoms with E-state index in [9.17, 15) is 9.59 Å². The van der Waals surface area contributed by atoms with Gasteiger partial charge in [-0.2, -0.15) is 0 Å². The van der Waals surface area contributed by atoms with Crippen molar-refractivity contribution in [3.63, 3.8) is 0 Å². The van der Waals surface area contributed by atoms with Crippen LogP contribution in [-0.4, -0.2) is 32.3 Å². The van der Waals surface area contributed by atoms with Gasteiger partial charge in [-0.1, -0.05) is 47.6 Å². The molecule has 0 fully saturated rings. The first-order chi connectivity index (χ1) is 14.5. The summed E-state index contributed by atoms with van der Waals surface area (Å²) in [5, 5.41) is 15.2. The highest BCUT2D eigenvalue weighted by atomic mass is 35.5. The number of benzene rings is 2. The number of nitrogens with one attached hydrogen (secondary N) is 2. The van der Waals surface area contributed by atoms with Crippen LogP contribution in [0.4, 0.5) is 5.69 Å². The summed E-state index contributed by atoms with van der Waals surface area (Å²) in [5.41, 5.74) is 2.19. The zero-order valence-electron chi connectivity index (χ0n) is 16.7. The van der Waals surface area contributed by atoms with E-state index in [-0.39, 0.29) is 24.1 Å². The monoisotopic (exact) mass is 443 g/mol. The Morgan fingerprint density at radius 3 is 2.67 bits per heavy atom. The van der Waals surface area contributed by atoms with Crippen LogP contribution in [0.5, 0.6) is 0 Å². The van der Waals surface area contributed by atoms with Crippen molar-refractivity contribution in [2.45, 2.75) is 32.1 Å². The van der Waals surface area contributed by atoms with Crippen LogP contribution in [-0.2, 0) is 17.9 Å². The third kappa shape index (κ3) is 5.61. The van der Waals surface area contributed by atoms with Crippen LogP contribution in [0.3, 0.4) is 0 Å². The van der Waals surface area contributed by atoms with Crippen molar-refractivity contribution in [2.24, 2.45) is 0 Å². The van der Waals surface area contributed by atoms with Gasteiger partial charge in [0.25, 0.3) is 5.91 Å². The van der Waals surface area contributed by atoms with Crippen LogP contribution in [0.1, 0.15) is 28.7 Å². The zero-order chi connectivity index (χ0) is 21.5. The summed E-state index contributed by atoms with van der Waals surface area (Å²) < 4.78 is 1.88. The van der Waals surface area contributed by atoms with Gasteiger partial charge in [0.05, 0.1) is 12.3 Å². The Bertz CT molecular complexity index is 1050. The van der Waals surface area contributed by atoms with E-state index in [0.717, 1.165) is 5.56 Å². The predicted molar refractivity (Wildman–Crippen MR) is 119 cm³/mol. The average Bonchev–Trinajstić information content (AvgIpc) is 3.12. The average molecular weight is 444 g/mol. The van der Waals surface area contributed by atoms with E-state index in [1.165, 1.54) is 11.8 Å². The fourth-order valence-corrected chi connectivity index (χ4v) is 3.86. The molecule has 0 saturated heterocycles. The minimum absolute atomic E-state index is 0.158. The van der Waals surface area contributed by atoms with Crippen LogP contribution in [0.2, 0.25) is 5.02 Å². The Labute approximate surface area is 184 Å². The number of anilines is 1. The molecule has 7 nitrogen and oxygen atoms in total. The van der Waals surface area contributed by atoms with Crippen molar-refractivity contribution in [1.82, 2.24) is 20.1 Å². The number of carbonyl (C=O) groups excluding carboxylic acids is 2.